The van der Waals surface area contributed by atoms with Gasteiger partial charge in [-0.15, -0.1) is 0 Å². The standard InChI is InChI=1S/C4H9O4P/c1-7-4(5)9(3,6)8-2/h1-3H3. The van der Waals surface area contributed by atoms with Crippen LogP contribution in [0.5, 0.6) is 0 Å². The highest BCUT2D eigenvalue weighted by Crippen LogP contribution is 2.42. The van der Waals surface area contributed by atoms with Gasteiger partial charge < -0.3 is 9.26 Å². The van der Waals surface area contributed by atoms with Crippen molar-refractivity contribution in [2.75, 3.05) is 20.9 Å². The lowest BCUT2D eigenvalue weighted by Gasteiger charge is -2.05. The minimum absolute atomic E-state index is 0.801. The molecule has 0 aromatic rings. The van der Waals surface area contributed by atoms with Crippen LogP contribution in [-0.2, 0) is 13.8 Å². The van der Waals surface area contributed by atoms with Crippen LogP contribution in [-0.4, -0.2) is 26.6 Å². The molecule has 0 aromatic heterocycles. The van der Waals surface area contributed by atoms with Crippen LogP contribution < -0.4 is 0 Å². The van der Waals surface area contributed by atoms with E-state index in [0.29, 0.717) is 0 Å². The molecule has 1 atom stereocenters. The molecule has 0 aliphatic rings. The summed E-state index contributed by atoms with van der Waals surface area (Å²) in [6.07, 6.45) is 0. The van der Waals surface area contributed by atoms with Gasteiger partial charge in [0, 0.05) is 13.8 Å². The lowest BCUT2D eigenvalue weighted by Crippen LogP contribution is -1.99. The van der Waals surface area contributed by atoms with E-state index >= 15 is 0 Å². The van der Waals surface area contributed by atoms with Crippen molar-refractivity contribution < 1.29 is 18.6 Å². The SMILES string of the molecule is COC(=O)P(C)(=O)OC. The quantitative estimate of drug-likeness (QED) is 0.559. The van der Waals surface area contributed by atoms with Crippen molar-refractivity contribution in [1.29, 1.82) is 0 Å². The summed E-state index contributed by atoms with van der Waals surface area (Å²) < 4.78 is 19.4. The molecule has 0 aliphatic heterocycles. The van der Waals surface area contributed by atoms with Crippen molar-refractivity contribution in [2.24, 2.45) is 0 Å². The Hall–Kier alpha value is -0.340. The number of methoxy groups -OCH3 is 1. The molecule has 0 aliphatic carbocycles. The minimum Gasteiger partial charge on any atom is -0.462 e. The van der Waals surface area contributed by atoms with E-state index in [9.17, 15) is 9.36 Å². The maximum absolute atomic E-state index is 10.8. The van der Waals surface area contributed by atoms with Crippen LogP contribution in [0.15, 0.2) is 0 Å². The van der Waals surface area contributed by atoms with Gasteiger partial charge in [-0.1, -0.05) is 0 Å². The van der Waals surface area contributed by atoms with E-state index in [-0.39, 0.29) is 0 Å². The Bertz CT molecular complexity index is 153. The molecule has 0 spiro atoms. The van der Waals surface area contributed by atoms with Crippen LogP contribution >= 0.6 is 7.37 Å². The molecule has 0 aromatic carbocycles. The molecule has 54 valence electrons. The van der Waals surface area contributed by atoms with Crippen molar-refractivity contribution in [3.63, 3.8) is 0 Å². The molecule has 1 unspecified atom stereocenters. The fraction of sp³-hybridized carbons (Fsp3) is 0.750. The second-order valence-corrected chi connectivity index (χ2v) is 3.92. The van der Waals surface area contributed by atoms with Crippen LogP contribution in [0.4, 0.5) is 4.79 Å². The number of hydrogen-bond acceptors (Lipinski definition) is 4. The summed E-state index contributed by atoms with van der Waals surface area (Å²) in [6, 6.07) is 0. The molecule has 0 heterocycles. The Morgan fingerprint density at radius 1 is 1.44 bits per heavy atom. The summed E-state index contributed by atoms with van der Waals surface area (Å²) in [7, 11) is -0.755. The average Bonchev–Trinajstić information content (AvgIpc) is 1.86. The zero-order chi connectivity index (χ0) is 7.49. The average molecular weight is 152 g/mol. The number of carbonyl (C=O) groups is 1. The van der Waals surface area contributed by atoms with Crippen LogP contribution in [0.1, 0.15) is 0 Å². The van der Waals surface area contributed by atoms with Crippen molar-refractivity contribution in [1.82, 2.24) is 0 Å². The summed E-state index contributed by atoms with van der Waals surface area (Å²) >= 11 is 0. The topological polar surface area (TPSA) is 52.6 Å². The number of ether oxygens (including phenoxy) is 1. The third-order valence-electron chi connectivity index (χ3n) is 0.855. The van der Waals surface area contributed by atoms with E-state index in [2.05, 4.69) is 9.26 Å². The van der Waals surface area contributed by atoms with E-state index in [0.717, 1.165) is 7.11 Å². The van der Waals surface area contributed by atoms with Gasteiger partial charge in [-0.25, -0.2) is 4.79 Å². The highest BCUT2D eigenvalue weighted by atomic mass is 31.2. The van der Waals surface area contributed by atoms with Crippen molar-refractivity contribution in [3.8, 4) is 0 Å². The Morgan fingerprint density at radius 3 is 2.00 bits per heavy atom. The predicted octanol–water partition coefficient (Wildman–Crippen LogP) is 1.31. The zero-order valence-electron chi connectivity index (χ0n) is 5.58. The van der Waals surface area contributed by atoms with Crippen molar-refractivity contribution >= 4 is 13.1 Å². The second-order valence-electron chi connectivity index (χ2n) is 1.50. The monoisotopic (exact) mass is 152 g/mol. The molecule has 9 heavy (non-hydrogen) atoms. The first-order chi connectivity index (χ1) is 4.04. The first-order valence-electron chi connectivity index (χ1n) is 2.26. The van der Waals surface area contributed by atoms with Gasteiger partial charge >= 0.3 is 13.1 Å². The normalized spacial score (nSPS) is 16.3. The third kappa shape index (κ3) is 2.16. The van der Waals surface area contributed by atoms with E-state index < -0.39 is 13.1 Å². The smallest absolute Gasteiger partial charge is 0.390 e. The summed E-state index contributed by atoms with van der Waals surface area (Å²) in [4.78, 5) is 10.5. The predicted molar refractivity (Wildman–Crippen MR) is 32.9 cm³/mol. The van der Waals surface area contributed by atoms with E-state index in [1.165, 1.54) is 13.8 Å². The lowest BCUT2D eigenvalue weighted by atomic mass is 11.5. The maximum Gasteiger partial charge on any atom is 0.390 e. The molecular weight excluding hydrogens is 143 g/mol. The maximum atomic E-state index is 10.8. The lowest BCUT2D eigenvalue weighted by molar-refractivity contribution is 0.192. The van der Waals surface area contributed by atoms with E-state index in [1.54, 1.807) is 0 Å². The first-order valence-corrected chi connectivity index (χ1v) is 4.33. The molecule has 0 saturated heterocycles. The number of rotatable bonds is 2. The fourth-order valence-corrected chi connectivity index (χ4v) is 0.721. The third-order valence-corrected chi connectivity index (χ3v) is 2.40. The van der Waals surface area contributed by atoms with Gasteiger partial charge in [0.25, 0.3) is 0 Å². The van der Waals surface area contributed by atoms with Gasteiger partial charge in [0.05, 0.1) is 7.11 Å². The summed E-state index contributed by atoms with van der Waals surface area (Å²) in [5, 5.41) is 0. The summed E-state index contributed by atoms with van der Waals surface area (Å²) in [5.74, 6) is 0. The number of carbonyl (C=O) groups excluding carboxylic acids is 1. The Kier molecular flexibility index (Phi) is 2.88. The van der Waals surface area contributed by atoms with Gasteiger partial charge in [0.15, 0.2) is 0 Å². The summed E-state index contributed by atoms with van der Waals surface area (Å²) in [6.45, 7) is 1.21. The van der Waals surface area contributed by atoms with Crippen LogP contribution in [0.25, 0.3) is 0 Å². The molecule has 0 fully saturated rings. The van der Waals surface area contributed by atoms with Crippen LogP contribution in [0.2, 0.25) is 0 Å². The van der Waals surface area contributed by atoms with Gasteiger partial charge in [0.1, 0.15) is 0 Å². The minimum atomic E-state index is -3.13. The molecule has 4 nitrogen and oxygen atoms in total. The Morgan fingerprint density at radius 2 is 1.89 bits per heavy atom. The van der Waals surface area contributed by atoms with Gasteiger partial charge in [-0.3, -0.25) is 4.57 Å². The molecule has 0 saturated carbocycles. The molecule has 0 bridgehead atoms. The van der Waals surface area contributed by atoms with E-state index in [4.69, 9.17) is 0 Å². The van der Waals surface area contributed by atoms with Crippen molar-refractivity contribution in [3.05, 3.63) is 0 Å². The van der Waals surface area contributed by atoms with E-state index in [1.807, 2.05) is 0 Å². The zero-order valence-corrected chi connectivity index (χ0v) is 6.47. The number of hydrogen-bond donors (Lipinski definition) is 0. The largest absolute Gasteiger partial charge is 0.462 e. The molecule has 0 amide bonds. The van der Waals surface area contributed by atoms with Gasteiger partial charge in [0.2, 0.25) is 0 Å². The van der Waals surface area contributed by atoms with Gasteiger partial charge in [-0.2, -0.15) is 0 Å². The highest BCUT2D eigenvalue weighted by molar-refractivity contribution is 7.74. The van der Waals surface area contributed by atoms with Gasteiger partial charge in [-0.05, 0) is 0 Å². The Balaban J connectivity index is 4.16. The first kappa shape index (κ1) is 8.66. The summed E-state index contributed by atoms with van der Waals surface area (Å²) in [5.41, 5.74) is -0.801. The van der Waals surface area contributed by atoms with Crippen molar-refractivity contribution in [2.45, 2.75) is 0 Å². The molecule has 5 heteroatoms. The van der Waals surface area contributed by atoms with Crippen LogP contribution in [0, 0.1) is 0 Å². The highest BCUT2D eigenvalue weighted by Gasteiger charge is 2.25. The molecular formula is C4H9O4P. The Labute approximate surface area is 53.6 Å². The molecule has 0 radical (unpaired) electrons. The second kappa shape index (κ2) is 2.99. The molecule has 0 N–H and O–H groups in total. The van der Waals surface area contributed by atoms with Crippen LogP contribution in [0.3, 0.4) is 0 Å². The fourth-order valence-electron chi connectivity index (χ4n) is 0.240. The molecule has 0 rings (SSSR count).